The molecule has 0 radical (unpaired) electrons. The maximum absolute atomic E-state index is 9.15. The van der Waals surface area contributed by atoms with Crippen LogP contribution in [0.1, 0.15) is 57.1 Å². The van der Waals surface area contributed by atoms with Gasteiger partial charge in [0.15, 0.2) is 0 Å². The zero-order valence-corrected chi connectivity index (χ0v) is 12.8. The van der Waals surface area contributed by atoms with E-state index >= 15 is 0 Å². The first kappa shape index (κ1) is 15.1. The molecule has 1 saturated carbocycles. The van der Waals surface area contributed by atoms with Crippen molar-refractivity contribution in [3.8, 4) is 6.07 Å². The van der Waals surface area contributed by atoms with E-state index in [0.717, 1.165) is 5.92 Å². The third-order valence-electron chi connectivity index (χ3n) is 4.93. The molecule has 0 bridgehead atoms. The van der Waals surface area contributed by atoms with E-state index in [4.69, 9.17) is 5.26 Å². The average molecular weight is 270 g/mol. The van der Waals surface area contributed by atoms with Crippen LogP contribution in [0.4, 0.5) is 0 Å². The fourth-order valence-corrected chi connectivity index (χ4v) is 3.47. The lowest BCUT2D eigenvalue weighted by atomic mass is 9.83. The standard InChI is InChI=1S/C18H26N2/c1-3-15-9-11-17(12-10-15)20(2)18(13-14-19)16-7-5-4-6-8-16/h4-8,15,17-18H,3,9-13H2,1-2H3. The zero-order valence-electron chi connectivity index (χ0n) is 12.8. The molecule has 1 fully saturated rings. The van der Waals surface area contributed by atoms with Gasteiger partial charge in [-0.3, -0.25) is 4.90 Å². The molecule has 2 rings (SSSR count). The van der Waals surface area contributed by atoms with Crippen molar-refractivity contribution in [2.45, 2.75) is 57.5 Å². The minimum atomic E-state index is 0.240. The van der Waals surface area contributed by atoms with E-state index in [9.17, 15) is 0 Å². The summed E-state index contributed by atoms with van der Waals surface area (Å²) in [6.45, 7) is 2.30. The molecule has 0 aromatic heterocycles. The van der Waals surface area contributed by atoms with Gasteiger partial charge in [-0.2, -0.15) is 5.26 Å². The zero-order chi connectivity index (χ0) is 14.4. The number of benzene rings is 1. The van der Waals surface area contributed by atoms with Gasteiger partial charge in [-0.1, -0.05) is 43.7 Å². The summed E-state index contributed by atoms with van der Waals surface area (Å²) in [7, 11) is 2.20. The van der Waals surface area contributed by atoms with Gasteiger partial charge in [0.25, 0.3) is 0 Å². The molecule has 2 nitrogen and oxygen atoms in total. The van der Waals surface area contributed by atoms with Crippen molar-refractivity contribution < 1.29 is 0 Å². The summed E-state index contributed by atoms with van der Waals surface area (Å²) in [6, 6.07) is 13.7. The van der Waals surface area contributed by atoms with Crippen molar-refractivity contribution in [2.24, 2.45) is 5.92 Å². The first-order valence-electron chi connectivity index (χ1n) is 7.90. The summed E-state index contributed by atoms with van der Waals surface area (Å²) in [6.07, 6.45) is 7.15. The fourth-order valence-electron chi connectivity index (χ4n) is 3.47. The molecule has 0 aliphatic heterocycles. The van der Waals surface area contributed by atoms with E-state index in [0.29, 0.717) is 12.5 Å². The van der Waals surface area contributed by atoms with Crippen LogP contribution in [0, 0.1) is 17.2 Å². The average Bonchev–Trinajstić information content (AvgIpc) is 2.53. The van der Waals surface area contributed by atoms with Crippen molar-refractivity contribution in [3.05, 3.63) is 35.9 Å². The molecule has 1 aromatic rings. The molecule has 1 aromatic carbocycles. The molecule has 108 valence electrons. The molecule has 1 atom stereocenters. The molecule has 0 amide bonds. The summed E-state index contributed by atoms with van der Waals surface area (Å²) in [5.41, 5.74) is 1.27. The van der Waals surface area contributed by atoms with Gasteiger partial charge < -0.3 is 0 Å². The van der Waals surface area contributed by atoms with Crippen LogP contribution in [0.5, 0.6) is 0 Å². The molecule has 1 unspecified atom stereocenters. The number of hydrogen-bond acceptors (Lipinski definition) is 2. The molecule has 2 heteroatoms. The third-order valence-corrected chi connectivity index (χ3v) is 4.93. The maximum atomic E-state index is 9.15. The minimum Gasteiger partial charge on any atom is -0.295 e. The predicted octanol–water partition coefficient (Wildman–Crippen LogP) is 4.54. The normalized spacial score (nSPS) is 24.3. The second kappa shape index (κ2) is 7.45. The van der Waals surface area contributed by atoms with E-state index in [1.807, 2.05) is 6.07 Å². The monoisotopic (exact) mass is 270 g/mol. The Balaban J connectivity index is 2.05. The predicted molar refractivity (Wildman–Crippen MR) is 83.2 cm³/mol. The summed E-state index contributed by atoms with van der Waals surface area (Å²) >= 11 is 0. The Kier molecular flexibility index (Phi) is 5.61. The molecular formula is C18H26N2. The highest BCUT2D eigenvalue weighted by Gasteiger charge is 2.27. The van der Waals surface area contributed by atoms with Crippen LogP contribution < -0.4 is 0 Å². The van der Waals surface area contributed by atoms with Crippen LogP contribution in [0.15, 0.2) is 30.3 Å². The SMILES string of the molecule is CCC1CCC(N(C)C(CC#N)c2ccccc2)CC1. The molecule has 0 saturated heterocycles. The van der Waals surface area contributed by atoms with Crippen molar-refractivity contribution >= 4 is 0 Å². The largest absolute Gasteiger partial charge is 0.295 e. The maximum Gasteiger partial charge on any atom is 0.0641 e. The summed E-state index contributed by atoms with van der Waals surface area (Å²) in [5, 5.41) is 9.15. The van der Waals surface area contributed by atoms with Crippen LogP contribution in [-0.4, -0.2) is 18.0 Å². The first-order valence-corrected chi connectivity index (χ1v) is 7.90. The molecule has 1 aliphatic carbocycles. The fraction of sp³-hybridized carbons (Fsp3) is 0.611. The van der Waals surface area contributed by atoms with Crippen LogP contribution in [0.2, 0.25) is 0 Å². The molecule has 1 aliphatic rings. The molecule has 0 N–H and O–H groups in total. The summed E-state index contributed by atoms with van der Waals surface area (Å²) in [4.78, 5) is 2.45. The lowest BCUT2D eigenvalue weighted by Gasteiger charge is -2.38. The van der Waals surface area contributed by atoms with Gasteiger partial charge in [0.05, 0.1) is 12.5 Å². The highest BCUT2D eigenvalue weighted by Crippen LogP contribution is 2.33. The van der Waals surface area contributed by atoms with Crippen molar-refractivity contribution in [1.82, 2.24) is 4.90 Å². The van der Waals surface area contributed by atoms with Crippen molar-refractivity contribution in [2.75, 3.05) is 7.05 Å². The van der Waals surface area contributed by atoms with E-state index in [-0.39, 0.29) is 6.04 Å². The third kappa shape index (κ3) is 3.61. The second-order valence-corrected chi connectivity index (χ2v) is 6.04. The Labute approximate surface area is 123 Å². The quantitative estimate of drug-likeness (QED) is 0.785. The Bertz CT molecular complexity index is 426. The highest BCUT2D eigenvalue weighted by atomic mass is 15.2. The number of nitriles is 1. The highest BCUT2D eigenvalue weighted by molar-refractivity contribution is 5.20. The smallest absolute Gasteiger partial charge is 0.0641 e. The lowest BCUT2D eigenvalue weighted by Crippen LogP contribution is -2.37. The van der Waals surface area contributed by atoms with Crippen LogP contribution in [0.3, 0.4) is 0 Å². The molecule has 0 spiro atoms. The second-order valence-electron chi connectivity index (χ2n) is 6.04. The van der Waals surface area contributed by atoms with Crippen molar-refractivity contribution in [1.29, 1.82) is 5.26 Å². The van der Waals surface area contributed by atoms with Gasteiger partial charge >= 0.3 is 0 Å². The van der Waals surface area contributed by atoms with Gasteiger partial charge in [-0.05, 0) is 44.2 Å². The van der Waals surface area contributed by atoms with E-state index < -0.39 is 0 Å². The lowest BCUT2D eigenvalue weighted by molar-refractivity contribution is 0.120. The molecular weight excluding hydrogens is 244 g/mol. The van der Waals surface area contributed by atoms with E-state index in [1.54, 1.807) is 0 Å². The van der Waals surface area contributed by atoms with E-state index in [2.05, 4.69) is 49.2 Å². The minimum absolute atomic E-state index is 0.240. The molecule has 0 heterocycles. The Morgan fingerprint density at radius 1 is 1.20 bits per heavy atom. The number of hydrogen-bond donors (Lipinski definition) is 0. The Hall–Kier alpha value is -1.33. The van der Waals surface area contributed by atoms with Gasteiger partial charge in [0, 0.05) is 12.1 Å². The Morgan fingerprint density at radius 2 is 1.85 bits per heavy atom. The van der Waals surface area contributed by atoms with Gasteiger partial charge in [0.2, 0.25) is 0 Å². The first-order chi connectivity index (χ1) is 9.76. The summed E-state index contributed by atoms with van der Waals surface area (Å²) < 4.78 is 0. The van der Waals surface area contributed by atoms with Crippen LogP contribution >= 0.6 is 0 Å². The number of nitrogens with zero attached hydrogens (tertiary/aromatic N) is 2. The topological polar surface area (TPSA) is 27.0 Å². The summed E-state index contributed by atoms with van der Waals surface area (Å²) in [5.74, 6) is 0.922. The van der Waals surface area contributed by atoms with Crippen LogP contribution in [0.25, 0.3) is 0 Å². The van der Waals surface area contributed by atoms with Gasteiger partial charge in [-0.15, -0.1) is 0 Å². The molecule has 20 heavy (non-hydrogen) atoms. The van der Waals surface area contributed by atoms with E-state index in [1.165, 1.54) is 37.7 Å². The van der Waals surface area contributed by atoms with Gasteiger partial charge in [0.1, 0.15) is 0 Å². The van der Waals surface area contributed by atoms with Crippen molar-refractivity contribution in [3.63, 3.8) is 0 Å². The van der Waals surface area contributed by atoms with Crippen LogP contribution in [-0.2, 0) is 0 Å². The van der Waals surface area contributed by atoms with Gasteiger partial charge in [-0.25, -0.2) is 0 Å². The number of rotatable bonds is 5. The Morgan fingerprint density at radius 3 is 2.40 bits per heavy atom.